The van der Waals surface area contributed by atoms with Gasteiger partial charge >= 0.3 is 5.97 Å². The summed E-state index contributed by atoms with van der Waals surface area (Å²) in [5.74, 6) is 0.247. The lowest BCUT2D eigenvalue weighted by atomic mass is 10.1. The van der Waals surface area contributed by atoms with Crippen LogP contribution in [0.25, 0.3) is 0 Å². The Morgan fingerprint density at radius 3 is 2.62 bits per heavy atom. The minimum Gasteiger partial charge on any atom is -0.478 e. The lowest BCUT2D eigenvalue weighted by Gasteiger charge is -2.05. The van der Waals surface area contributed by atoms with Crippen LogP contribution in [0.4, 0.5) is 0 Å². The second-order valence-electron chi connectivity index (χ2n) is 5.49. The van der Waals surface area contributed by atoms with Gasteiger partial charge in [-0.15, -0.1) is 0 Å². The van der Waals surface area contributed by atoms with Crippen molar-refractivity contribution >= 4 is 11.9 Å². The zero-order chi connectivity index (χ0) is 17.4. The molecule has 2 N–H and O–H groups in total. The van der Waals surface area contributed by atoms with Crippen molar-refractivity contribution < 1.29 is 19.2 Å². The van der Waals surface area contributed by atoms with E-state index < -0.39 is 5.97 Å². The van der Waals surface area contributed by atoms with Crippen LogP contribution >= 0.6 is 0 Å². The number of amides is 1. The van der Waals surface area contributed by atoms with E-state index in [9.17, 15) is 9.59 Å². The number of hydrogen-bond donors (Lipinski definition) is 2. The largest absolute Gasteiger partial charge is 0.478 e. The number of benzene rings is 1. The Bertz CT molecular complexity index is 679. The number of carbonyl (C=O) groups is 2. The number of aryl methyl sites for hydroxylation is 2. The summed E-state index contributed by atoms with van der Waals surface area (Å²) in [7, 11) is 0. The van der Waals surface area contributed by atoms with Crippen LogP contribution in [0.2, 0.25) is 0 Å². The van der Waals surface area contributed by atoms with E-state index in [4.69, 9.17) is 9.63 Å². The van der Waals surface area contributed by atoms with E-state index in [-0.39, 0.29) is 11.5 Å². The summed E-state index contributed by atoms with van der Waals surface area (Å²) in [5, 5.41) is 15.5. The summed E-state index contributed by atoms with van der Waals surface area (Å²) in [6.07, 6.45) is 3.35. The monoisotopic (exact) mass is 331 g/mol. The molecule has 0 atom stereocenters. The number of carbonyl (C=O) groups excluding carboxylic acids is 1. The molecule has 0 saturated heterocycles. The summed E-state index contributed by atoms with van der Waals surface area (Å²) >= 11 is 0. The lowest BCUT2D eigenvalue weighted by Crippen LogP contribution is -2.22. The first-order valence-electron chi connectivity index (χ1n) is 7.99. The molecule has 2 rings (SSSR count). The van der Waals surface area contributed by atoms with Gasteiger partial charge in [0.05, 0.1) is 5.56 Å². The molecule has 1 aromatic carbocycles. The third kappa shape index (κ3) is 5.49. The number of nitrogens with one attached hydrogen (secondary N) is 1. The molecule has 7 nitrogen and oxygen atoms in total. The molecule has 2 aromatic rings. The Balaban J connectivity index is 1.68. The quantitative estimate of drug-likeness (QED) is 0.731. The number of aromatic carboxylic acids is 1. The SMILES string of the molecule is CCCc1noc(CCCC(=O)NCc2ccc(C(=O)O)cc2)n1. The highest BCUT2D eigenvalue weighted by atomic mass is 16.5. The molecule has 128 valence electrons. The Hall–Kier alpha value is -2.70. The van der Waals surface area contributed by atoms with E-state index in [1.54, 1.807) is 12.1 Å². The highest BCUT2D eigenvalue weighted by Crippen LogP contribution is 2.06. The fourth-order valence-corrected chi connectivity index (χ4v) is 2.17. The van der Waals surface area contributed by atoms with Crippen molar-refractivity contribution in [2.45, 2.75) is 45.6 Å². The molecule has 0 aliphatic carbocycles. The van der Waals surface area contributed by atoms with Crippen LogP contribution < -0.4 is 5.32 Å². The van der Waals surface area contributed by atoms with Crippen LogP contribution in [0.5, 0.6) is 0 Å². The Kier molecular flexibility index (Phi) is 6.48. The average molecular weight is 331 g/mol. The van der Waals surface area contributed by atoms with E-state index >= 15 is 0 Å². The van der Waals surface area contributed by atoms with Gasteiger partial charge in [-0.05, 0) is 30.5 Å². The maximum atomic E-state index is 11.8. The van der Waals surface area contributed by atoms with Crippen molar-refractivity contribution in [2.24, 2.45) is 0 Å². The second kappa shape index (κ2) is 8.81. The first-order chi connectivity index (χ1) is 11.6. The van der Waals surface area contributed by atoms with Gasteiger partial charge in [0.15, 0.2) is 5.82 Å². The number of rotatable bonds is 9. The number of aromatic nitrogens is 2. The number of carboxylic acid groups (broad SMARTS) is 1. The molecule has 0 spiro atoms. The van der Waals surface area contributed by atoms with Crippen molar-refractivity contribution in [3.8, 4) is 0 Å². The predicted octanol–water partition coefficient (Wildman–Crippen LogP) is 2.36. The number of hydrogen-bond acceptors (Lipinski definition) is 5. The van der Waals surface area contributed by atoms with Crippen molar-refractivity contribution in [3.63, 3.8) is 0 Å². The molecule has 0 unspecified atom stereocenters. The van der Waals surface area contributed by atoms with Crippen LogP contribution in [-0.2, 0) is 24.2 Å². The van der Waals surface area contributed by atoms with E-state index in [2.05, 4.69) is 22.4 Å². The van der Waals surface area contributed by atoms with Gasteiger partial charge in [0.2, 0.25) is 11.8 Å². The van der Waals surface area contributed by atoms with E-state index in [0.717, 1.165) is 18.4 Å². The average Bonchev–Trinajstić information content (AvgIpc) is 3.01. The maximum absolute atomic E-state index is 11.8. The fraction of sp³-hybridized carbons (Fsp3) is 0.412. The van der Waals surface area contributed by atoms with Gasteiger partial charge in [0, 0.05) is 25.8 Å². The first kappa shape index (κ1) is 17.7. The number of carboxylic acids is 1. The molecule has 0 aliphatic rings. The minimum absolute atomic E-state index is 0.0643. The summed E-state index contributed by atoms with van der Waals surface area (Å²) in [4.78, 5) is 26.8. The summed E-state index contributed by atoms with van der Waals surface area (Å²) in [6, 6.07) is 6.43. The molecule has 1 aromatic heterocycles. The highest BCUT2D eigenvalue weighted by molar-refractivity contribution is 5.87. The van der Waals surface area contributed by atoms with Crippen LogP contribution in [0.15, 0.2) is 28.8 Å². The summed E-state index contributed by atoms with van der Waals surface area (Å²) in [6.45, 7) is 2.43. The smallest absolute Gasteiger partial charge is 0.335 e. The van der Waals surface area contributed by atoms with Gasteiger partial charge in [0.1, 0.15) is 0 Å². The third-order valence-corrected chi connectivity index (χ3v) is 3.47. The molecule has 0 bridgehead atoms. The zero-order valence-electron chi connectivity index (χ0n) is 13.6. The van der Waals surface area contributed by atoms with Crippen LogP contribution in [0.1, 0.15) is 53.8 Å². The summed E-state index contributed by atoms with van der Waals surface area (Å²) < 4.78 is 5.12. The van der Waals surface area contributed by atoms with Crippen LogP contribution in [-0.4, -0.2) is 27.1 Å². The third-order valence-electron chi connectivity index (χ3n) is 3.47. The second-order valence-corrected chi connectivity index (χ2v) is 5.49. The molecule has 0 aliphatic heterocycles. The van der Waals surface area contributed by atoms with Gasteiger partial charge in [0.25, 0.3) is 0 Å². The van der Waals surface area contributed by atoms with Gasteiger partial charge in [-0.2, -0.15) is 4.98 Å². The van der Waals surface area contributed by atoms with Crippen molar-refractivity contribution in [1.82, 2.24) is 15.5 Å². The minimum atomic E-state index is -0.964. The van der Waals surface area contributed by atoms with Crippen molar-refractivity contribution in [1.29, 1.82) is 0 Å². The molecule has 24 heavy (non-hydrogen) atoms. The van der Waals surface area contributed by atoms with Crippen LogP contribution in [0, 0.1) is 0 Å². The Labute approximate surface area is 140 Å². The maximum Gasteiger partial charge on any atom is 0.335 e. The van der Waals surface area contributed by atoms with Gasteiger partial charge in [-0.25, -0.2) is 4.79 Å². The molecule has 0 radical (unpaired) electrons. The van der Waals surface area contributed by atoms with E-state index in [1.165, 1.54) is 12.1 Å². The van der Waals surface area contributed by atoms with Gasteiger partial charge in [-0.1, -0.05) is 24.2 Å². The molecular weight excluding hydrogens is 310 g/mol. The predicted molar refractivity (Wildman–Crippen MR) is 86.5 cm³/mol. The van der Waals surface area contributed by atoms with Crippen molar-refractivity contribution in [2.75, 3.05) is 0 Å². The van der Waals surface area contributed by atoms with E-state index in [0.29, 0.717) is 37.5 Å². The Morgan fingerprint density at radius 2 is 1.96 bits per heavy atom. The van der Waals surface area contributed by atoms with E-state index in [1.807, 2.05) is 0 Å². The fourth-order valence-electron chi connectivity index (χ4n) is 2.17. The summed E-state index contributed by atoms with van der Waals surface area (Å²) in [5.41, 5.74) is 1.08. The normalized spacial score (nSPS) is 10.5. The van der Waals surface area contributed by atoms with Crippen molar-refractivity contribution in [3.05, 3.63) is 47.1 Å². The topological polar surface area (TPSA) is 105 Å². The molecular formula is C17H21N3O4. The molecule has 1 heterocycles. The molecule has 0 fully saturated rings. The molecule has 0 saturated carbocycles. The standard InChI is InChI=1S/C17H21N3O4/c1-2-4-14-19-16(24-20-14)6-3-5-15(21)18-11-12-7-9-13(10-8-12)17(22)23/h7-10H,2-6,11H2,1H3,(H,18,21)(H,22,23). The van der Waals surface area contributed by atoms with Gasteiger partial charge < -0.3 is 14.9 Å². The molecule has 7 heteroatoms. The Morgan fingerprint density at radius 1 is 1.21 bits per heavy atom. The molecule has 1 amide bonds. The lowest BCUT2D eigenvalue weighted by molar-refractivity contribution is -0.121. The number of nitrogens with zero attached hydrogens (tertiary/aromatic N) is 2. The first-order valence-corrected chi connectivity index (χ1v) is 7.99. The van der Waals surface area contributed by atoms with Gasteiger partial charge in [-0.3, -0.25) is 4.79 Å². The highest BCUT2D eigenvalue weighted by Gasteiger charge is 2.08. The zero-order valence-corrected chi connectivity index (χ0v) is 13.6. The van der Waals surface area contributed by atoms with Crippen LogP contribution in [0.3, 0.4) is 0 Å².